The van der Waals surface area contributed by atoms with Crippen LogP contribution < -0.4 is 5.32 Å². The zero-order valence-corrected chi connectivity index (χ0v) is 22.1. The molecule has 4 rings (SSSR count). The van der Waals surface area contributed by atoms with Gasteiger partial charge < -0.3 is 5.32 Å². The molecule has 0 unspecified atom stereocenters. The first kappa shape index (κ1) is 23.6. The Hall–Kier alpha value is -2.56. The van der Waals surface area contributed by atoms with Crippen LogP contribution in [-0.2, 0) is 5.75 Å². The van der Waals surface area contributed by atoms with Crippen molar-refractivity contribution in [3.8, 4) is 5.69 Å². The minimum Gasteiger partial charge on any atom is -0.320 e. The first-order chi connectivity index (χ1) is 15.8. The van der Waals surface area contributed by atoms with Gasteiger partial charge in [0.05, 0.1) is 11.4 Å². The zero-order chi connectivity index (χ0) is 23.5. The lowest BCUT2D eigenvalue weighted by molar-refractivity contribution is 0.102. The van der Waals surface area contributed by atoms with E-state index in [0.29, 0.717) is 16.6 Å². The van der Waals surface area contributed by atoms with Crippen molar-refractivity contribution in [1.29, 1.82) is 0 Å². The van der Waals surface area contributed by atoms with Crippen molar-refractivity contribution in [2.24, 2.45) is 0 Å². The smallest absolute Gasteiger partial charge is 0.278 e. The molecular formula is C23H20Br2N6OS. The molecule has 0 fully saturated rings. The zero-order valence-electron chi connectivity index (χ0n) is 18.1. The van der Waals surface area contributed by atoms with E-state index >= 15 is 0 Å². The van der Waals surface area contributed by atoms with Crippen molar-refractivity contribution in [3.63, 3.8) is 0 Å². The molecule has 0 spiro atoms. The topological polar surface area (TPSA) is 85.6 Å². The number of anilines is 1. The van der Waals surface area contributed by atoms with Gasteiger partial charge in [0.2, 0.25) is 0 Å². The fraction of sp³-hybridized carbons (Fsp3) is 0.174. The van der Waals surface area contributed by atoms with Crippen LogP contribution >= 0.6 is 43.6 Å². The van der Waals surface area contributed by atoms with Crippen molar-refractivity contribution in [2.45, 2.75) is 31.7 Å². The Bertz CT molecular complexity index is 1300. The second-order valence-electron chi connectivity index (χ2n) is 7.41. The van der Waals surface area contributed by atoms with Gasteiger partial charge in [-0.15, -0.1) is 5.10 Å². The molecule has 0 aliphatic heterocycles. The predicted octanol–water partition coefficient (Wildman–Crippen LogP) is 6.05. The number of aromatic nitrogens is 5. The van der Waals surface area contributed by atoms with E-state index in [4.69, 9.17) is 0 Å². The predicted molar refractivity (Wildman–Crippen MR) is 137 cm³/mol. The van der Waals surface area contributed by atoms with Crippen molar-refractivity contribution < 1.29 is 4.79 Å². The number of nitrogens with zero attached hydrogens (tertiary/aromatic N) is 5. The van der Waals surface area contributed by atoms with Gasteiger partial charge in [0.15, 0.2) is 10.9 Å². The lowest BCUT2D eigenvalue weighted by Gasteiger charge is -2.10. The summed E-state index contributed by atoms with van der Waals surface area (Å²) >= 11 is 8.35. The van der Waals surface area contributed by atoms with Gasteiger partial charge in [0.25, 0.3) is 5.91 Å². The standard InChI is InChI=1S/C23H20Br2N6OS/c1-13-10-17(25)6-9-19(13)28-22(32)21-20(12-33-23-26-14(2)11-15(3)27-23)31(30-29-21)18-7-4-16(24)5-8-18/h4-11H,12H2,1-3H3,(H,28,32). The number of thioether (sulfide) groups is 1. The van der Waals surface area contributed by atoms with Gasteiger partial charge in [-0.25, -0.2) is 14.6 Å². The molecule has 0 atom stereocenters. The summed E-state index contributed by atoms with van der Waals surface area (Å²) in [6.07, 6.45) is 0. The van der Waals surface area contributed by atoms with Gasteiger partial charge >= 0.3 is 0 Å². The minimum atomic E-state index is -0.319. The van der Waals surface area contributed by atoms with E-state index in [-0.39, 0.29) is 11.6 Å². The van der Waals surface area contributed by atoms with Crippen LogP contribution in [0.2, 0.25) is 0 Å². The van der Waals surface area contributed by atoms with Gasteiger partial charge in [-0.05, 0) is 74.9 Å². The van der Waals surface area contributed by atoms with Crippen LogP contribution in [0.15, 0.2) is 62.6 Å². The normalized spacial score (nSPS) is 10.9. The first-order valence-electron chi connectivity index (χ1n) is 10.0. The number of hydrogen-bond donors (Lipinski definition) is 1. The number of aryl methyl sites for hydroxylation is 3. The summed E-state index contributed by atoms with van der Waals surface area (Å²) in [4.78, 5) is 22.2. The summed E-state index contributed by atoms with van der Waals surface area (Å²) < 4.78 is 3.59. The highest BCUT2D eigenvalue weighted by Crippen LogP contribution is 2.26. The highest BCUT2D eigenvalue weighted by molar-refractivity contribution is 9.10. The van der Waals surface area contributed by atoms with Crippen LogP contribution in [0.25, 0.3) is 5.69 Å². The fourth-order valence-corrected chi connectivity index (χ4v) is 4.92. The average molecular weight is 588 g/mol. The van der Waals surface area contributed by atoms with Crippen LogP contribution in [0.5, 0.6) is 0 Å². The summed E-state index contributed by atoms with van der Waals surface area (Å²) in [5, 5.41) is 12.1. The molecule has 33 heavy (non-hydrogen) atoms. The maximum absolute atomic E-state index is 13.2. The van der Waals surface area contributed by atoms with Crippen LogP contribution in [0.1, 0.15) is 33.1 Å². The van der Waals surface area contributed by atoms with E-state index in [2.05, 4.69) is 57.5 Å². The lowest BCUT2D eigenvalue weighted by Crippen LogP contribution is -2.16. The van der Waals surface area contributed by atoms with E-state index < -0.39 is 0 Å². The van der Waals surface area contributed by atoms with Crippen LogP contribution in [0.3, 0.4) is 0 Å². The monoisotopic (exact) mass is 586 g/mol. The Kier molecular flexibility index (Phi) is 7.26. The highest BCUT2D eigenvalue weighted by Gasteiger charge is 2.22. The summed E-state index contributed by atoms with van der Waals surface area (Å²) in [6.45, 7) is 5.81. The molecule has 0 saturated heterocycles. The third-order valence-corrected chi connectivity index (χ3v) is 6.67. The molecule has 10 heteroatoms. The molecule has 1 amide bonds. The second kappa shape index (κ2) is 10.1. The maximum atomic E-state index is 13.2. The van der Waals surface area contributed by atoms with Gasteiger partial charge in [-0.3, -0.25) is 4.79 Å². The third-order valence-electron chi connectivity index (χ3n) is 4.79. The largest absolute Gasteiger partial charge is 0.320 e. The van der Waals surface area contributed by atoms with Crippen molar-refractivity contribution in [2.75, 3.05) is 5.32 Å². The van der Waals surface area contributed by atoms with Gasteiger partial charge in [-0.2, -0.15) is 0 Å². The highest BCUT2D eigenvalue weighted by atomic mass is 79.9. The molecule has 0 radical (unpaired) electrons. The van der Waals surface area contributed by atoms with Crippen LogP contribution in [0, 0.1) is 20.8 Å². The Balaban J connectivity index is 1.68. The summed E-state index contributed by atoms with van der Waals surface area (Å²) in [5.74, 6) is 0.106. The van der Waals surface area contributed by atoms with Gasteiger partial charge in [0, 0.05) is 31.8 Å². The van der Waals surface area contributed by atoms with E-state index in [1.165, 1.54) is 11.8 Å². The molecule has 168 valence electrons. The fourth-order valence-electron chi connectivity index (χ4n) is 3.24. The molecule has 2 heterocycles. The molecule has 0 aliphatic carbocycles. The molecule has 0 saturated carbocycles. The van der Waals surface area contributed by atoms with Gasteiger partial charge in [0.1, 0.15) is 0 Å². The summed E-state index contributed by atoms with van der Waals surface area (Å²) in [6, 6.07) is 15.3. The number of nitrogens with one attached hydrogen (secondary N) is 1. The van der Waals surface area contributed by atoms with E-state index in [0.717, 1.165) is 37.3 Å². The van der Waals surface area contributed by atoms with Crippen molar-refractivity contribution >= 4 is 55.2 Å². The molecule has 4 aromatic rings. The molecule has 0 bridgehead atoms. The number of amides is 1. The lowest BCUT2D eigenvalue weighted by atomic mass is 10.2. The molecule has 0 aliphatic rings. The second-order valence-corrected chi connectivity index (χ2v) is 10.2. The Morgan fingerprint density at radius 2 is 1.64 bits per heavy atom. The molecule has 2 aromatic carbocycles. The molecule has 1 N–H and O–H groups in total. The Morgan fingerprint density at radius 3 is 2.30 bits per heavy atom. The number of halogens is 2. The molecule has 7 nitrogen and oxygen atoms in total. The van der Waals surface area contributed by atoms with E-state index in [1.54, 1.807) is 4.68 Å². The number of benzene rings is 2. The van der Waals surface area contributed by atoms with Crippen molar-refractivity contribution in [1.82, 2.24) is 25.0 Å². The maximum Gasteiger partial charge on any atom is 0.278 e. The SMILES string of the molecule is Cc1cc(C)nc(SCc2c(C(=O)Nc3ccc(Br)cc3C)nnn2-c2ccc(Br)cc2)n1. The molecular weight excluding hydrogens is 568 g/mol. The van der Waals surface area contributed by atoms with Crippen molar-refractivity contribution in [3.05, 3.63) is 85.8 Å². The first-order valence-corrected chi connectivity index (χ1v) is 12.6. The van der Waals surface area contributed by atoms with E-state index in [1.807, 2.05) is 69.3 Å². The number of carbonyl (C=O) groups is 1. The van der Waals surface area contributed by atoms with Crippen LogP contribution in [-0.4, -0.2) is 30.9 Å². The Labute approximate surface area is 212 Å². The quantitative estimate of drug-likeness (QED) is 0.218. The minimum absolute atomic E-state index is 0.261. The average Bonchev–Trinajstić information content (AvgIpc) is 3.18. The number of rotatable bonds is 6. The molecule has 2 aromatic heterocycles. The number of carbonyl (C=O) groups excluding carboxylic acids is 1. The Morgan fingerprint density at radius 1 is 0.970 bits per heavy atom. The van der Waals surface area contributed by atoms with Crippen LogP contribution in [0.4, 0.5) is 5.69 Å². The van der Waals surface area contributed by atoms with Gasteiger partial charge in [-0.1, -0.05) is 48.8 Å². The third kappa shape index (κ3) is 5.69. The number of hydrogen-bond acceptors (Lipinski definition) is 6. The van der Waals surface area contributed by atoms with E-state index in [9.17, 15) is 4.79 Å². The summed E-state index contributed by atoms with van der Waals surface area (Å²) in [5.41, 5.74) is 5.19. The summed E-state index contributed by atoms with van der Waals surface area (Å²) in [7, 11) is 0.